The summed E-state index contributed by atoms with van der Waals surface area (Å²) >= 11 is 5.22. The molecule has 0 spiro atoms. The summed E-state index contributed by atoms with van der Waals surface area (Å²) in [6, 6.07) is 10.7. The molecular weight excluding hydrogens is 376 g/mol. The van der Waals surface area contributed by atoms with Crippen molar-refractivity contribution in [1.29, 1.82) is 0 Å². The Labute approximate surface area is 168 Å². The van der Waals surface area contributed by atoms with Crippen molar-refractivity contribution in [2.45, 2.75) is 26.3 Å². The molecule has 144 valence electrons. The van der Waals surface area contributed by atoms with E-state index in [0.29, 0.717) is 34.4 Å². The highest BCUT2D eigenvalue weighted by Crippen LogP contribution is 2.29. The molecule has 2 aromatic rings. The third-order valence-electron chi connectivity index (χ3n) is 4.49. The van der Waals surface area contributed by atoms with Gasteiger partial charge in [-0.3, -0.25) is 9.59 Å². The largest absolute Gasteiger partial charge is 0.480 e. The monoisotopic (exact) mass is 396 g/mol. The predicted octanol–water partition coefficient (Wildman–Crippen LogP) is 3.25. The number of carboxylic acids is 1. The van der Waals surface area contributed by atoms with Gasteiger partial charge >= 0.3 is 5.97 Å². The van der Waals surface area contributed by atoms with Crippen molar-refractivity contribution >= 4 is 40.6 Å². The Balaban J connectivity index is 1.80. The molecule has 6 nitrogen and oxygen atoms in total. The lowest BCUT2D eigenvalue weighted by Gasteiger charge is -2.20. The number of fused-ring (bicyclic) bond motifs is 2. The van der Waals surface area contributed by atoms with Crippen molar-refractivity contribution < 1.29 is 19.5 Å². The fourth-order valence-corrected chi connectivity index (χ4v) is 3.46. The Morgan fingerprint density at radius 2 is 1.57 bits per heavy atom. The quantitative estimate of drug-likeness (QED) is 0.570. The number of hydrogen-bond acceptors (Lipinski definition) is 4. The molecule has 1 atom stereocenters. The highest BCUT2D eigenvalue weighted by Gasteiger charge is 2.29. The fraction of sp³-hybridized carbons (Fsp3) is 0.238. The van der Waals surface area contributed by atoms with Gasteiger partial charge in [0.05, 0.1) is 0 Å². The van der Waals surface area contributed by atoms with Crippen molar-refractivity contribution in [1.82, 2.24) is 5.32 Å². The Kier molecular flexibility index (Phi) is 5.56. The topological polar surface area (TPSA) is 95.5 Å². The highest BCUT2D eigenvalue weighted by atomic mass is 32.1. The molecular formula is C21H20N2O4S. The van der Waals surface area contributed by atoms with E-state index in [9.17, 15) is 19.5 Å². The number of carbonyl (C=O) groups excluding carboxylic acids is 2. The number of hydrogen-bond donors (Lipinski definition) is 3. The van der Waals surface area contributed by atoms with Crippen LogP contribution in [0, 0.1) is 5.92 Å². The Hall–Kier alpha value is -3.06. The fourth-order valence-electron chi connectivity index (χ4n) is 3.20. The molecule has 7 heteroatoms. The third-order valence-corrected chi connectivity index (χ3v) is 4.71. The standard InChI is InChI=1S/C21H20N2O4S/c1-11(2)9-17(20(26)27)23-21(28)22-12-7-8-15-16(10-12)19(25)14-6-4-3-5-13(14)18(15)24/h3-8,10-11,17H,9H2,1-2H3,(H,26,27)(H2,22,23,28). The van der Waals surface area contributed by atoms with Crippen LogP contribution in [-0.2, 0) is 4.79 Å². The van der Waals surface area contributed by atoms with Gasteiger partial charge in [0, 0.05) is 27.9 Å². The summed E-state index contributed by atoms with van der Waals surface area (Å²) in [6.45, 7) is 3.86. The second-order valence-corrected chi connectivity index (χ2v) is 7.49. The van der Waals surface area contributed by atoms with Crippen LogP contribution in [0.2, 0.25) is 0 Å². The number of nitrogens with one attached hydrogen (secondary N) is 2. The maximum absolute atomic E-state index is 12.8. The van der Waals surface area contributed by atoms with Gasteiger partial charge in [0.15, 0.2) is 16.7 Å². The SMILES string of the molecule is CC(C)CC(NC(=S)Nc1ccc2c(c1)C(=O)c1ccccc1C2=O)C(=O)O. The number of carboxylic acid groups (broad SMARTS) is 1. The van der Waals surface area contributed by atoms with E-state index in [1.165, 1.54) is 0 Å². The second kappa shape index (κ2) is 7.90. The maximum Gasteiger partial charge on any atom is 0.326 e. The number of aliphatic carboxylic acids is 1. The summed E-state index contributed by atoms with van der Waals surface area (Å²) in [5.74, 6) is -1.22. The second-order valence-electron chi connectivity index (χ2n) is 7.08. The molecule has 3 rings (SSSR count). The van der Waals surface area contributed by atoms with Crippen LogP contribution in [0.25, 0.3) is 0 Å². The lowest BCUT2D eigenvalue weighted by Crippen LogP contribution is -2.43. The van der Waals surface area contributed by atoms with Crippen molar-refractivity contribution in [3.63, 3.8) is 0 Å². The van der Waals surface area contributed by atoms with Gasteiger partial charge in [0.1, 0.15) is 6.04 Å². The van der Waals surface area contributed by atoms with E-state index in [1.807, 2.05) is 13.8 Å². The first kappa shape index (κ1) is 19.7. The van der Waals surface area contributed by atoms with Crippen LogP contribution in [0.3, 0.4) is 0 Å². The average molecular weight is 396 g/mol. The molecule has 1 unspecified atom stereocenters. The Morgan fingerprint density at radius 3 is 2.14 bits per heavy atom. The van der Waals surface area contributed by atoms with E-state index in [-0.39, 0.29) is 22.6 Å². The van der Waals surface area contributed by atoms with Crippen LogP contribution in [0.4, 0.5) is 5.69 Å². The summed E-state index contributed by atoms with van der Waals surface area (Å²) in [5, 5.41) is 15.1. The van der Waals surface area contributed by atoms with Gasteiger partial charge in [-0.25, -0.2) is 4.79 Å². The predicted molar refractivity (Wildman–Crippen MR) is 110 cm³/mol. The zero-order valence-electron chi connectivity index (χ0n) is 15.5. The zero-order chi connectivity index (χ0) is 20.4. The molecule has 0 saturated carbocycles. The summed E-state index contributed by atoms with van der Waals surface area (Å²) in [4.78, 5) is 36.8. The molecule has 28 heavy (non-hydrogen) atoms. The molecule has 1 aliphatic carbocycles. The zero-order valence-corrected chi connectivity index (χ0v) is 16.3. The first-order valence-corrected chi connectivity index (χ1v) is 9.31. The summed E-state index contributed by atoms with van der Waals surface area (Å²) < 4.78 is 0. The molecule has 2 aromatic carbocycles. The van der Waals surface area contributed by atoms with Gasteiger partial charge in [-0.2, -0.15) is 0 Å². The minimum Gasteiger partial charge on any atom is -0.480 e. The van der Waals surface area contributed by atoms with E-state index in [0.717, 1.165) is 0 Å². The summed E-state index contributed by atoms with van der Waals surface area (Å²) in [6.07, 6.45) is 0.422. The number of thiocarbonyl (C=S) groups is 1. The molecule has 0 amide bonds. The minimum atomic E-state index is -0.985. The minimum absolute atomic E-state index is 0.142. The highest BCUT2D eigenvalue weighted by molar-refractivity contribution is 7.80. The van der Waals surface area contributed by atoms with Crippen molar-refractivity contribution in [3.05, 3.63) is 64.7 Å². The first-order chi connectivity index (χ1) is 13.3. The van der Waals surface area contributed by atoms with Crippen LogP contribution in [-0.4, -0.2) is 33.8 Å². The van der Waals surface area contributed by atoms with Crippen molar-refractivity contribution in [2.24, 2.45) is 5.92 Å². The molecule has 0 radical (unpaired) electrons. The number of ketones is 2. The maximum atomic E-state index is 12.8. The molecule has 0 saturated heterocycles. The summed E-state index contributed by atoms with van der Waals surface area (Å²) in [7, 11) is 0. The van der Waals surface area contributed by atoms with Gasteiger partial charge in [-0.15, -0.1) is 0 Å². The third kappa shape index (κ3) is 3.94. The van der Waals surface area contributed by atoms with Gasteiger partial charge in [-0.05, 0) is 42.8 Å². The lowest BCUT2D eigenvalue weighted by atomic mass is 9.84. The number of carbonyl (C=O) groups is 3. The molecule has 0 fully saturated rings. The van der Waals surface area contributed by atoms with Crippen LogP contribution in [0.5, 0.6) is 0 Å². The van der Waals surface area contributed by atoms with E-state index < -0.39 is 12.0 Å². The number of rotatable bonds is 5. The van der Waals surface area contributed by atoms with E-state index >= 15 is 0 Å². The van der Waals surface area contributed by atoms with E-state index in [2.05, 4.69) is 10.6 Å². The van der Waals surface area contributed by atoms with E-state index in [1.54, 1.807) is 42.5 Å². The van der Waals surface area contributed by atoms with Gasteiger partial charge < -0.3 is 15.7 Å². The molecule has 1 aliphatic rings. The van der Waals surface area contributed by atoms with Crippen LogP contribution in [0.1, 0.15) is 52.1 Å². The lowest BCUT2D eigenvalue weighted by molar-refractivity contribution is -0.139. The smallest absolute Gasteiger partial charge is 0.326 e. The van der Waals surface area contributed by atoms with Crippen LogP contribution >= 0.6 is 12.2 Å². The average Bonchev–Trinajstić information content (AvgIpc) is 2.65. The van der Waals surface area contributed by atoms with E-state index in [4.69, 9.17) is 12.2 Å². The summed E-state index contributed by atoms with van der Waals surface area (Å²) in [5.41, 5.74) is 1.92. The molecule has 0 bridgehead atoms. The first-order valence-electron chi connectivity index (χ1n) is 8.90. The Bertz CT molecular complexity index is 984. The Morgan fingerprint density at radius 1 is 1.00 bits per heavy atom. The van der Waals surface area contributed by atoms with Gasteiger partial charge in [-0.1, -0.05) is 38.1 Å². The number of anilines is 1. The van der Waals surface area contributed by atoms with Crippen molar-refractivity contribution in [2.75, 3.05) is 5.32 Å². The van der Waals surface area contributed by atoms with Crippen LogP contribution in [0.15, 0.2) is 42.5 Å². The van der Waals surface area contributed by atoms with Gasteiger partial charge in [0.2, 0.25) is 0 Å². The molecule has 0 aliphatic heterocycles. The molecule has 0 heterocycles. The molecule has 3 N–H and O–H groups in total. The normalized spacial score (nSPS) is 13.5. The number of benzene rings is 2. The molecule has 0 aromatic heterocycles. The van der Waals surface area contributed by atoms with Crippen molar-refractivity contribution in [3.8, 4) is 0 Å². The van der Waals surface area contributed by atoms with Gasteiger partial charge in [0.25, 0.3) is 0 Å². The van der Waals surface area contributed by atoms with Crippen LogP contribution < -0.4 is 10.6 Å².